The Bertz CT molecular complexity index is 1510. The summed E-state index contributed by atoms with van der Waals surface area (Å²) in [5.74, 6) is -1.39. The molecule has 4 aromatic rings. The molecule has 0 aromatic carbocycles. The third kappa shape index (κ3) is 3.75. The second-order valence-corrected chi connectivity index (χ2v) is 8.93. The minimum atomic E-state index is -4.69. The summed E-state index contributed by atoms with van der Waals surface area (Å²) in [6.45, 7) is 1.37. The Hall–Kier alpha value is -3.61. The molecule has 0 radical (unpaired) electrons. The van der Waals surface area contributed by atoms with E-state index in [1.165, 1.54) is 25.4 Å². The quantitative estimate of drug-likeness (QED) is 0.428. The first-order valence-electron chi connectivity index (χ1n) is 9.04. The third-order valence-electron chi connectivity index (χ3n) is 4.63. The second kappa shape index (κ2) is 7.51. The van der Waals surface area contributed by atoms with Gasteiger partial charge in [-0.2, -0.15) is 17.9 Å². The third-order valence-corrected chi connectivity index (χ3v) is 6.36. The van der Waals surface area contributed by atoms with Crippen LogP contribution in [0.1, 0.15) is 12.5 Å². The van der Waals surface area contributed by atoms with Crippen molar-refractivity contribution in [2.24, 2.45) is 0 Å². The minimum absolute atomic E-state index is 0.136. The fourth-order valence-electron chi connectivity index (χ4n) is 2.99. The van der Waals surface area contributed by atoms with Crippen LogP contribution < -0.4 is 5.69 Å². The van der Waals surface area contributed by atoms with Gasteiger partial charge in [-0.25, -0.2) is 27.0 Å². The summed E-state index contributed by atoms with van der Waals surface area (Å²) in [6, 6.07) is 4.06. The van der Waals surface area contributed by atoms with Gasteiger partial charge in [0.15, 0.2) is 21.3 Å². The van der Waals surface area contributed by atoms with Crippen molar-refractivity contribution in [3.05, 3.63) is 70.9 Å². The van der Waals surface area contributed by atoms with Gasteiger partial charge >= 0.3 is 11.9 Å². The van der Waals surface area contributed by atoms with Gasteiger partial charge in [-0.3, -0.25) is 4.98 Å². The standard InChI is InChI=1S/C19H13F4N5O3S/c1-2-32(30,31)15-6-12(11-5-14(20)9-24-7-11)8-25-17(15)28-18(29)27-10-13(19(21,22)23)3-4-16(27)26-28/h3-10H,2H2,1H3. The smallest absolute Gasteiger partial charge is 0.261 e. The molecule has 0 saturated heterocycles. The van der Waals surface area contributed by atoms with Crippen LogP contribution in [0, 0.1) is 5.82 Å². The lowest BCUT2D eigenvalue weighted by atomic mass is 10.1. The van der Waals surface area contributed by atoms with Crippen molar-refractivity contribution in [2.75, 3.05) is 5.75 Å². The zero-order valence-electron chi connectivity index (χ0n) is 16.2. The van der Waals surface area contributed by atoms with Crippen LogP contribution in [0.5, 0.6) is 0 Å². The lowest BCUT2D eigenvalue weighted by Gasteiger charge is -2.10. The summed E-state index contributed by atoms with van der Waals surface area (Å²) in [5.41, 5.74) is -1.79. The van der Waals surface area contributed by atoms with E-state index >= 15 is 0 Å². The highest BCUT2D eigenvalue weighted by Crippen LogP contribution is 2.29. The number of sulfone groups is 1. The van der Waals surface area contributed by atoms with E-state index in [-0.39, 0.29) is 33.2 Å². The summed E-state index contributed by atoms with van der Waals surface area (Å²) < 4.78 is 79.3. The van der Waals surface area contributed by atoms with E-state index in [4.69, 9.17) is 0 Å². The molecular formula is C19H13F4N5O3S. The highest BCUT2D eigenvalue weighted by atomic mass is 32.2. The zero-order valence-corrected chi connectivity index (χ0v) is 17.0. The molecule has 0 unspecified atom stereocenters. The van der Waals surface area contributed by atoms with Gasteiger partial charge in [0, 0.05) is 29.7 Å². The minimum Gasteiger partial charge on any atom is -0.261 e. The predicted octanol–water partition coefficient (Wildman–Crippen LogP) is 2.89. The molecule has 4 rings (SSSR count). The van der Waals surface area contributed by atoms with Crippen LogP contribution in [0.4, 0.5) is 17.6 Å². The van der Waals surface area contributed by atoms with E-state index < -0.39 is 33.1 Å². The molecule has 0 fully saturated rings. The monoisotopic (exact) mass is 467 g/mol. The molecule has 0 aliphatic heterocycles. The van der Waals surface area contributed by atoms with Crippen molar-refractivity contribution in [3.63, 3.8) is 0 Å². The van der Waals surface area contributed by atoms with Gasteiger partial charge in [0.25, 0.3) is 0 Å². The highest BCUT2D eigenvalue weighted by molar-refractivity contribution is 7.91. The van der Waals surface area contributed by atoms with Crippen molar-refractivity contribution in [1.29, 1.82) is 0 Å². The Morgan fingerprint density at radius 1 is 1.06 bits per heavy atom. The Morgan fingerprint density at radius 2 is 1.78 bits per heavy atom. The van der Waals surface area contributed by atoms with Crippen LogP contribution in [0.25, 0.3) is 22.6 Å². The first-order valence-corrected chi connectivity index (χ1v) is 10.7. The number of nitrogens with zero attached hydrogens (tertiary/aromatic N) is 5. The summed E-state index contributed by atoms with van der Waals surface area (Å²) in [4.78, 5) is 20.1. The molecule has 4 aromatic heterocycles. The Balaban J connectivity index is 1.96. The number of halogens is 4. The molecule has 0 saturated carbocycles. The van der Waals surface area contributed by atoms with Crippen molar-refractivity contribution in [3.8, 4) is 16.9 Å². The number of alkyl halides is 3. The van der Waals surface area contributed by atoms with Gasteiger partial charge in [0.1, 0.15) is 10.7 Å². The summed E-state index contributed by atoms with van der Waals surface area (Å²) >= 11 is 0. The molecule has 166 valence electrons. The normalized spacial score (nSPS) is 12.4. The van der Waals surface area contributed by atoms with E-state index in [1.807, 2.05) is 0 Å². The van der Waals surface area contributed by atoms with Gasteiger partial charge in [0.2, 0.25) is 0 Å². The van der Waals surface area contributed by atoms with Crippen molar-refractivity contribution in [2.45, 2.75) is 18.0 Å². The molecule has 0 aliphatic rings. The van der Waals surface area contributed by atoms with Crippen molar-refractivity contribution < 1.29 is 26.0 Å². The number of aromatic nitrogens is 5. The number of hydrogen-bond acceptors (Lipinski definition) is 6. The molecule has 0 atom stereocenters. The summed E-state index contributed by atoms with van der Waals surface area (Å²) in [5, 5.41) is 3.93. The van der Waals surface area contributed by atoms with Crippen LogP contribution in [0.2, 0.25) is 0 Å². The number of fused-ring (bicyclic) bond motifs is 1. The lowest BCUT2D eigenvalue weighted by Crippen LogP contribution is -2.23. The maximum Gasteiger partial charge on any atom is 0.417 e. The van der Waals surface area contributed by atoms with E-state index in [2.05, 4.69) is 15.1 Å². The first kappa shape index (κ1) is 21.6. The molecule has 32 heavy (non-hydrogen) atoms. The molecule has 4 heterocycles. The number of rotatable bonds is 4. The SMILES string of the molecule is CCS(=O)(=O)c1cc(-c2cncc(F)c2)cnc1-n1nc2ccc(C(F)(F)F)cn2c1=O. The average Bonchev–Trinajstić information content (AvgIpc) is 3.08. The van der Waals surface area contributed by atoms with Crippen LogP contribution in [0.15, 0.2) is 58.7 Å². The molecular weight excluding hydrogens is 454 g/mol. The zero-order chi connectivity index (χ0) is 23.3. The van der Waals surface area contributed by atoms with Crippen LogP contribution in [0.3, 0.4) is 0 Å². The van der Waals surface area contributed by atoms with Gasteiger partial charge < -0.3 is 0 Å². The maximum absolute atomic E-state index is 13.5. The molecule has 8 nitrogen and oxygen atoms in total. The summed E-state index contributed by atoms with van der Waals surface area (Å²) in [6.07, 6.45) is -0.649. The Labute approximate surface area is 177 Å². The average molecular weight is 467 g/mol. The van der Waals surface area contributed by atoms with Gasteiger partial charge in [-0.15, -0.1) is 5.10 Å². The van der Waals surface area contributed by atoms with Gasteiger partial charge in [0.05, 0.1) is 17.5 Å². The van der Waals surface area contributed by atoms with E-state index in [1.54, 1.807) is 0 Å². The van der Waals surface area contributed by atoms with Crippen LogP contribution in [-0.4, -0.2) is 38.3 Å². The Kier molecular flexibility index (Phi) is 5.07. The molecule has 0 bridgehead atoms. The highest BCUT2D eigenvalue weighted by Gasteiger charge is 2.31. The summed E-state index contributed by atoms with van der Waals surface area (Å²) in [7, 11) is -3.97. The van der Waals surface area contributed by atoms with E-state index in [0.29, 0.717) is 15.3 Å². The fraction of sp³-hybridized carbons (Fsp3) is 0.158. The number of pyridine rings is 3. The maximum atomic E-state index is 13.5. The van der Waals surface area contributed by atoms with Crippen LogP contribution >= 0.6 is 0 Å². The lowest BCUT2D eigenvalue weighted by molar-refractivity contribution is -0.137. The number of hydrogen-bond donors (Lipinski definition) is 0. The van der Waals surface area contributed by atoms with Crippen LogP contribution in [-0.2, 0) is 16.0 Å². The first-order chi connectivity index (χ1) is 15.0. The Morgan fingerprint density at radius 3 is 2.44 bits per heavy atom. The van der Waals surface area contributed by atoms with Gasteiger partial charge in [-0.05, 0) is 24.3 Å². The van der Waals surface area contributed by atoms with Crippen molar-refractivity contribution in [1.82, 2.24) is 24.1 Å². The largest absolute Gasteiger partial charge is 0.417 e. The molecule has 0 N–H and O–H groups in total. The van der Waals surface area contributed by atoms with E-state index in [0.717, 1.165) is 24.4 Å². The fourth-order valence-corrected chi connectivity index (χ4v) is 4.02. The molecule has 0 aliphatic carbocycles. The van der Waals surface area contributed by atoms with E-state index in [9.17, 15) is 30.8 Å². The second-order valence-electron chi connectivity index (χ2n) is 6.68. The molecule has 0 spiro atoms. The van der Waals surface area contributed by atoms with Crippen molar-refractivity contribution >= 4 is 15.5 Å². The molecule has 0 amide bonds. The topological polar surface area (TPSA) is 99.2 Å². The van der Waals surface area contributed by atoms with Gasteiger partial charge in [-0.1, -0.05) is 6.92 Å². The predicted molar refractivity (Wildman–Crippen MR) is 105 cm³/mol. The molecule has 13 heteroatoms.